The lowest BCUT2D eigenvalue weighted by atomic mass is 10.1. The van der Waals surface area contributed by atoms with E-state index in [9.17, 15) is 9.59 Å². The second kappa shape index (κ2) is 7.97. The minimum atomic E-state index is -0.207. The number of benzene rings is 2. The fourth-order valence-electron chi connectivity index (χ4n) is 2.74. The van der Waals surface area contributed by atoms with Gasteiger partial charge in [-0.1, -0.05) is 29.8 Å². The van der Waals surface area contributed by atoms with Gasteiger partial charge >= 0.3 is 0 Å². The number of para-hydroxylation sites is 1. The highest BCUT2D eigenvalue weighted by atomic mass is 35.5. The summed E-state index contributed by atoms with van der Waals surface area (Å²) in [6.07, 6.45) is 1.70. The van der Waals surface area contributed by atoms with Crippen LogP contribution in [0, 0.1) is 0 Å². The van der Waals surface area contributed by atoms with Crippen LogP contribution in [0.4, 0.5) is 5.69 Å². The van der Waals surface area contributed by atoms with Crippen LogP contribution >= 0.6 is 11.6 Å². The van der Waals surface area contributed by atoms with Crippen molar-refractivity contribution in [2.24, 2.45) is 0 Å². The molecule has 26 heavy (non-hydrogen) atoms. The van der Waals surface area contributed by atoms with Gasteiger partial charge in [-0.2, -0.15) is 0 Å². The van der Waals surface area contributed by atoms with Crippen molar-refractivity contribution < 1.29 is 9.59 Å². The maximum atomic E-state index is 12.2. The molecule has 2 aromatic carbocycles. The molecular weight excluding hydrogens is 350 g/mol. The molecule has 0 spiro atoms. The van der Waals surface area contributed by atoms with E-state index in [0.717, 1.165) is 16.6 Å². The van der Waals surface area contributed by atoms with Crippen molar-refractivity contribution in [3.8, 4) is 0 Å². The zero-order valence-electron chi connectivity index (χ0n) is 14.3. The molecule has 0 aliphatic heterocycles. The number of rotatable bonds is 5. The average Bonchev–Trinajstić information content (AvgIpc) is 2.65. The number of nitrogens with one attached hydrogen (secondary N) is 1. The van der Waals surface area contributed by atoms with Crippen LogP contribution in [-0.4, -0.2) is 29.9 Å². The van der Waals surface area contributed by atoms with Gasteiger partial charge in [0.2, 0.25) is 5.91 Å². The number of nitrogens with zero attached hydrogens (tertiary/aromatic N) is 2. The first-order chi connectivity index (χ1) is 12.6. The summed E-state index contributed by atoms with van der Waals surface area (Å²) in [6.45, 7) is 2.18. The highest BCUT2D eigenvalue weighted by molar-refractivity contribution is 6.30. The smallest absolute Gasteiger partial charge is 0.251 e. The topological polar surface area (TPSA) is 62.3 Å². The van der Waals surface area contributed by atoms with Gasteiger partial charge in [-0.15, -0.1) is 0 Å². The number of anilines is 1. The van der Waals surface area contributed by atoms with E-state index in [4.69, 9.17) is 11.6 Å². The Kier molecular flexibility index (Phi) is 5.49. The van der Waals surface area contributed by atoms with Gasteiger partial charge in [0.05, 0.1) is 11.2 Å². The van der Waals surface area contributed by atoms with Gasteiger partial charge in [0.15, 0.2) is 0 Å². The van der Waals surface area contributed by atoms with Gasteiger partial charge in [-0.3, -0.25) is 14.6 Å². The fraction of sp³-hybridized carbons (Fsp3) is 0.150. The number of aromatic nitrogens is 1. The molecule has 3 rings (SSSR count). The maximum Gasteiger partial charge on any atom is 0.251 e. The summed E-state index contributed by atoms with van der Waals surface area (Å²) >= 11 is 5.83. The Morgan fingerprint density at radius 3 is 2.54 bits per heavy atom. The molecule has 0 atom stereocenters. The summed E-state index contributed by atoms with van der Waals surface area (Å²) in [4.78, 5) is 30.3. The molecule has 1 N–H and O–H groups in total. The molecule has 0 aliphatic carbocycles. The van der Waals surface area contributed by atoms with Gasteiger partial charge in [-0.05, 0) is 36.4 Å². The Balaban J connectivity index is 1.72. The normalized spacial score (nSPS) is 10.5. The highest BCUT2D eigenvalue weighted by Gasteiger charge is 2.15. The van der Waals surface area contributed by atoms with Gasteiger partial charge < -0.3 is 10.2 Å². The molecule has 0 radical (unpaired) electrons. The molecule has 0 fully saturated rings. The van der Waals surface area contributed by atoms with Gasteiger partial charge in [0.1, 0.15) is 0 Å². The number of hydrogen-bond acceptors (Lipinski definition) is 3. The first-order valence-corrected chi connectivity index (χ1v) is 8.59. The molecule has 1 aromatic heterocycles. The van der Waals surface area contributed by atoms with Crippen LogP contribution in [0.5, 0.6) is 0 Å². The molecule has 0 bridgehead atoms. The minimum Gasteiger partial charge on any atom is -0.350 e. The third kappa shape index (κ3) is 4.00. The van der Waals surface area contributed by atoms with Crippen LogP contribution in [0.25, 0.3) is 10.9 Å². The monoisotopic (exact) mass is 367 g/mol. The first-order valence-electron chi connectivity index (χ1n) is 8.22. The van der Waals surface area contributed by atoms with E-state index in [0.29, 0.717) is 23.7 Å². The Morgan fingerprint density at radius 1 is 1.08 bits per heavy atom. The molecule has 3 aromatic rings. The Labute approximate surface area is 156 Å². The predicted octanol–water partition coefficient (Wildman–Crippen LogP) is 3.67. The van der Waals surface area contributed by atoms with Crippen LogP contribution in [0.1, 0.15) is 17.3 Å². The van der Waals surface area contributed by atoms with Crippen LogP contribution in [-0.2, 0) is 4.79 Å². The second-order valence-electron chi connectivity index (χ2n) is 5.79. The van der Waals surface area contributed by atoms with Crippen molar-refractivity contribution >= 4 is 40.0 Å². The van der Waals surface area contributed by atoms with E-state index in [1.165, 1.54) is 6.92 Å². The van der Waals surface area contributed by atoms with E-state index >= 15 is 0 Å². The van der Waals surface area contributed by atoms with Gasteiger partial charge in [0.25, 0.3) is 5.91 Å². The summed E-state index contributed by atoms with van der Waals surface area (Å²) in [7, 11) is 0. The van der Waals surface area contributed by atoms with Crippen LogP contribution in [0.2, 0.25) is 5.02 Å². The molecule has 132 valence electrons. The lowest BCUT2D eigenvalue weighted by Crippen LogP contribution is -2.37. The lowest BCUT2D eigenvalue weighted by molar-refractivity contribution is -0.116. The van der Waals surface area contributed by atoms with E-state index in [1.807, 2.05) is 30.3 Å². The van der Waals surface area contributed by atoms with E-state index in [-0.39, 0.29) is 11.8 Å². The molecule has 0 saturated heterocycles. The quantitative estimate of drug-likeness (QED) is 0.748. The standard InChI is InChI=1S/C20H18ClN3O2/c1-14(25)24(18-6-2-4-15-5-3-11-22-19(15)18)13-12-23-20(26)16-7-9-17(21)10-8-16/h2-11H,12-13H2,1H3,(H,23,26). The van der Waals surface area contributed by atoms with Crippen molar-refractivity contribution in [2.75, 3.05) is 18.0 Å². The maximum absolute atomic E-state index is 12.2. The van der Waals surface area contributed by atoms with Crippen LogP contribution in [0.15, 0.2) is 60.8 Å². The van der Waals surface area contributed by atoms with Crippen molar-refractivity contribution in [1.29, 1.82) is 0 Å². The molecule has 0 saturated carbocycles. The second-order valence-corrected chi connectivity index (χ2v) is 6.22. The van der Waals surface area contributed by atoms with Crippen molar-refractivity contribution in [1.82, 2.24) is 10.3 Å². The number of amides is 2. The van der Waals surface area contributed by atoms with E-state index < -0.39 is 0 Å². The number of carbonyl (C=O) groups is 2. The summed E-state index contributed by atoms with van der Waals surface area (Å²) < 4.78 is 0. The first kappa shape index (κ1) is 17.9. The number of pyridine rings is 1. The Hall–Kier alpha value is -2.92. The minimum absolute atomic E-state index is 0.108. The lowest BCUT2D eigenvalue weighted by Gasteiger charge is -2.22. The zero-order chi connectivity index (χ0) is 18.5. The third-order valence-corrected chi connectivity index (χ3v) is 4.26. The molecule has 6 heteroatoms. The van der Waals surface area contributed by atoms with Gasteiger partial charge in [0, 0.05) is 42.2 Å². The summed E-state index contributed by atoms with van der Waals surface area (Å²) in [5, 5.41) is 4.36. The SMILES string of the molecule is CC(=O)N(CCNC(=O)c1ccc(Cl)cc1)c1cccc2cccnc12. The molecule has 1 heterocycles. The zero-order valence-corrected chi connectivity index (χ0v) is 15.0. The van der Waals surface area contributed by atoms with E-state index in [2.05, 4.69) is 10.3 Å². The van der Waals surface area contributed by atoms with Gasteiger partial charge in [-0.25, -0.2) is 0 Å². The Bertz CT molecular complexity index is 936. The average molecular weight is 368 g/mol. The summed E-state index contributed by atoms with van der Waals surface area (Å²) in [5.74, 6) is -0.315. The van der Waals surface area contributed by atoms with Crippen molar-refractivity contribution in [3.63, 3.8) is 0 Å². The van der Waals surface area contributed by atoms with Crippen molar-refractivity contribution in [2.45, 2.75) is 6.92 Å². The third-order valence-electron chi connectivity index (χ3n) is 4.01. The molecule has 5 nitrogen and oxygen atoms in total. The van der Waals surface area contributed by atoms with Crippen LogP contribution < -0.4 is 10.2 Å². The number of hydrogen-bond donors (Lipinski definition) is 1. The molecule has 2 amide bonds. The van der Waals surface area contributed by atoms with Crippen molar-refractivity contribution in [3.05, 3.63) is 71.4 Å². The number of fused-ring (bicyclic) bond motifs is 1. The van der Waals surface area contributed by atoms with Crippen LogP contribution in [0.3, 0.4) is 0 Å². The summed E-state index contributed by atoms with van der Waals surface area (Å²) in [5.41, 5.74) is 2.01. The Morgan fingerprint density at radius 2 is 1.81 bits per heavy atom. The molecule has 0 aliphatic rings. The predicted molar refractivity (Wildman–Crippen MR) is 104 cm³/mol. The molecule has 0 unspecified atom stereocenters. The summed E-state index contributed by atoms with van der Waals surface area (Å²) in [6, 6.07) is 16.2. The number of carbonyl (C=O) groups excluding carboxylic acids is 2. The highest BCUT2D eigenvalue weighted by Crippen LogP contribution is 2.24. The number of halogens is 1. The fourth-order valence-corrected chi connectivity index (χ4v) is 2.86. The van der Waals surface area contributed by atoms with E-state index in [1.54, 1.807) is 35.4 Å². The largest absolute Gasteiger partial charge is 0.350 e. The molecular formula is C20H18ClN3O2.